The summed E-state index contributed by atoms with van der Waals surface area (Å²) < 4.78 is 1.87. The fourth-order valence-electron chi connectivity index (χ4n) is 1.96. The van der Waals surface area contributed by atoms with Gasteiger partial charge in [0.1, 0.15) is 11.2 Å². The predicted molar refractivity (Wildman–Crippen MR) is 67.7 cm³/mol. The fraction of sp³-hybridized carbons (Fsp3) is 0.273. The number of rotatable bonds is 2. The zero-order chi connectivity index (χ0) is 12.7. The third-order valence-corrected chi connectivity index (χ3v) is 2.83. The maximum Gasteiger partial charge on any atom is 0.222 e. The second-order valence-corrected chi connectivity index (χ2v) is 4.02. The summed E-state index contributed by atoms with van der Waals surface area (Å²) in [6.45, 7) is 4.80. The van der Waals surface area contributed by atoms with E-state index in [9.17, 15) is 0 Å². The highest BCUT2D eigenvalue weighted by Crippen LogP contribution is 2.26. The molecular formula is C11H13N7. The van der Waals surface area contributed by atoms with Crippen molar-refractivity contribution < 1.29 is 0 Å². The van der Waals surface area contributed by atoms with Crippen molar-refractivity contribution in [3.8, 4) is 11.3 Å². The van der Waals surface area contributed by atoms with Gasteiger partial charge in [0.15, 0.2) is 5.65 Å². The van der Waals surface area contributed by atoms with Gasteiger partial charge >= 0.3 is 0 Å². The van der Waals surface area contributed by atoms with E-state index in [0.29, 0.717) is 5.65 Å². The highest BCUT2D eigenvalue weighted by atomic mass is 15.3. The molecule has 0 bridgehead atoms. The van der Waals surface area contributed by atoms with Gasteiger partial charge in [0, 0.05) is 18.3 Å². The topological polar surface area (TPSA) is 98.3 Å². The summed E-state index contributed by atoms with van der Waals surface area (Å²) in [7, 11) is 0. The summed E-state index contributed by atoms with van der Waals surface area (Å²) in [5.41, 5.74) is 9.65. The number of fused-ring (bicyclic) bond motifs is 1. The summed E-state index contributed by atoms with van der Waals surface area (Å²) in [4.78, 5) is 15.5. The van der Waals surface area contributed by atoms with Gasteiger partial charge in [0.05, 0.1) is 12.0 Å². The minimum absolute atomic E-state index is 0.216. The van der Waals surface area contributed by atoms with Crippen molar-refractivity contribution in [2.45, 2.75) is 20.4 Å². The molecule has 7 heteroatoms. The fourth-order valence-corrected chi connectivity index (χ4v) is 1.96. The average molecular weight is 243 g/mol. The van der Waals surface area contributed by atoms with Crippen LogP contribution in [-0.4, -0.2) is 29.7 Å². The first-order chi connectivity index (χ1) is 8.69. The smallest absolute Gasteiger partial charge is 0.222 e. The first kappa shape index (κ1) is 10.7. The maximum atomic E-state index is 5.71. The number of aromatic nitrogens is 6. The molecule has 0 aromatic carbocycles. The van der Waals surface area contributed by atoms with Gasteiger partial charge in [-0.3, -0.25) is 4.68 Å². The molecule has 0 aliphatic heterocycles. The Hall–Kier alpha value is -2.44. The first-order valence-corrected chi connectivity index (χ1v) is 5.70. The molecule has 0 saturated heterocycles. The highest BCUT2D eigenvalue weighted by molar-refractivity contribution is 5.88. The molecule has 0 saturated carbocycles. The van der Waals surface area contributed by atoms with Crippen molar-refractivity contribution in [3.05, 3.63) is 18.2 Å². The number of nitrogen functional groups attached to an aromatic ring is 1. The monoisotopic (exact) mass is 243 g/mol. The molecule has 92 valence electrons. The summed E-state index contributed by atoms with van der Waals surface area (Å²) in [6, 6.07) is 0. The molecule has 0 aliphatic rings. The molecule has 0 spiro atoms. The zero-order valence-electron chi connectivity index (χ0n) is 10.2. The van der Waals surface area contributed by atoms with Crippen LogP contribution in [0.25, 0.3) is 22.4 Å². The van der Waals surface area contributed by atoms with Crippen LogP contribution in [0.3, 0.4) is 0 Å². The van der Waals surface area contributed by atoms with Crippen molar-refractivity contribution in [1.29, 1.82) is 0 Å². The highest BCUT2D eigenvalue weighted by Gasteiger charge is 2.15. The van der Waals surface area contributed by atoms with E-state index in [1.165, 1.54) is 0 Å². The molecule has 0 unspecified atom stereocenters. The third-order valence-electron chi connectivity index (χ3n) is 2.83. The first-order valence-electron chi connectivity index (χ1n) is 5.70. The predicted octanol–water partition coefficient (Wildman–Crippen LogP) is 1.13. The number of H-pyrrole nitrogens is 1. The van der Waals surface area contributed by atoms with Crippen molar-refractivity contribution >= 4 is 17.1 Å². The average Bonchev–Trinajstić information content (AvgIpc) is 2.94. The van der Waals surface area contributed by atoms with E-state index >= 15 is 0 Å². The number of aryl methyl sites for hydroxylation is 2. The normalized spacial score (nSPS) is 11.2. The van der Waals surface area contributed by atoms with E-state index < -0.39 is 0 Å². The van der Waals surface area contributed by atoms with Crippen LogP contribution in [0.1, 0.15) is 12.6 Å². The van der Waals surface area contributed by atoms with Crippen LogP contribution in [0.2, 0.25) is 0 Å². The van der Waals surface area contributed by atoms with E-state index in [4.69, 9.17) is 5.73 Å². The Morgan fingerprint density at radius 3 is 2.94 bits per heavy atom. The Kier molecular flexibility index (Phi) is 2.26. The Labute approximate surface area is 103 Å². The number of hydrogen-bond acceptors (Lipinski definition) is 5. The van der Waals surface area contributed by atoms with Crippen molar-refractivity contribution in [3.63, 3.8) is 0 Å². The molecular weight excluding hydrogens is 230 g/mol. The quantitative estimate of drug-likeness (QED) is 0.703. The Balaban J connectivity index is 2.29. The van der Waals surface area contributed by atoms with Crippen LogP contribution < -0.4 is 5.73 Å². The molecule has 0 aliphatic carbocycles. The number of nitrogens with one attached hydrogen (secondary N) is 1. The van der Waals surface area contributed by atoms with Crippen LogP contribution >= 0.6 is 0 Å². The largest absolute Gasteiger partial charge is 0.368 e. The van der Waals surface area contributed by atoms with Crippen LogP contribution in [0.5, 0.6) is 0 Å². The molecule has 3 rings (SSSR count). The number of imidazole rings is 1. The van der Waals surface area contributed by atoms with E-state index in [-0.39, 0.29) is 5.95 Å². The Morgan fingerprint density at radius 2 is 2.22 bits per heavy atom. The number of aromatic amines is 1. The number of nitrogens with two attached hydrogens (primary N) is 1. The van der Waals surface area contributed by atoms with E-state index in [1.54, 1.807) is 6.33 Å². The van der Waals surface area contributed by atoms with E-state index in [0.717, 1.165) is 29.0 Å². The lowest BCUT2D eigenvalue weighted by Gasteiger charge is -2.01. The SMILES string of the molecule is CCn1cc(-c2nc(N)nc3nc[nH]c23)c(C)n1. The van der Waals surface area contributed by atoms with Crippen molar-refractivity contribution in [2.75, 3.05) is 5.73 Å². The molecule has 0 radical (unpaired) electrons. The number of hydrogen-bond donors (Lipinski definition) is 2. The van der Waals surface area contributed by atoms with Crippen LogP contribution in [0.4, 0.5) is 5.95 Å². The molecule has 0 amide bonds. The van der Waals surface area contributed by atoms with Gasteiger partial charge < -0.3 is 10.7 Å². The second-order valence-electron chi connectivity index (χ2n) is 4.02. The summed E-state index contributed by atoms with van der Waals surface area (Å²) in [5, 5.41) is 4.41. The lowest BCUT2D eigenvalue weighted by molar-refractivity contribution is 0.653. The van der Waals surface area contributed by atoms with Gasteiger partial charge in [0.2, 0.25) is 5.95 Å². The van der Waals surface area contributed by atoms with E-state index in [1.807, 2.05) is 24.7 Å². The second kappa shape index (κ2) is 3.80. The molecule has 0 fully saturated rings. The standard InChI is InChI=1S/C11H13N7/c1-3-18-4-7(6(2)17-18)8-9-10(14-5-13-9)16-11(12)15-8/h4-5H,3H2,1-2H3,(H3,12,13,14,15,16). The van der Waals surface area contributed by atoms with Crippen LogP contribution in [0.15, 0.2) is 12.5 Å². The van der Waals surface area contributed by atoms with Gasteiger partial charge in [-0.1, -0.05) is 0 Å². The molecule has 3 heterocycles. The number of anilines is 1. The van der Waals surface area contributed by atoms with Crippen molar-refractivity contribution in [2.24, 2.45) is 0 Å². The third kappa shape index (κ3) is 1.52. The molecule has 3 aromatic rings. The van der Waals surface area contributed by atoms with Gasteiger partial charge in [-0.15, -0.1) is 0 Å². The lowest BCUT2D eigenvalue weighted by Crippen LogP contribution is -1.98. The minimum atomic E-state index is 0.216. The van der Waals surface area contributed by atoms with Gasteiger partial charge in [-0.25, -0.2) is 9.97 Å². The molecule has 0 atom stereocenters. The lowest BCUT2D eigenvalue weighted by atomic mass is 10.2. The van der Waals surface area contributed by atoms with Crippen LogP contribution in [-0.2, 0) is 6.54 Å². The van der Waals surface area contributed by atoms with Gasteiger partial charge in [0.25, 0.3) is 0 Å². The number of nitrogens with zero attached hydrogens (tertiary/aromatic N) is 5. The van der Waals surface area contributed by atoms with Gasteiger partial charge in [-0.05, 0) is 13.8 Å². The maximum absolute atomic E-state index is 5.71. The summed E-state index contributed by atoms with van der Waals surface area (Å²) in [5.74, 6) is 0.216. The Morgan fingerprint density at radius 1 is 1.39 bits per heavy atom. The minimum Gasteiger partial charge on any atom is -0.368 e. The summed E-state index contributed by atoms with van der Waals surface area (Å²) in [6.07, 6.45) is 3.54. The van der Waals surface area contributed by atoms with Gasteiger partial charge in [-0.2, -0.15) is 10.1 Å². The van der Waals surface area contributed by atoms with Crippen molar-refractivity contribution in [1.82, 2.24) is 29.7 Å². The molecule has 18 heavy (non-hydrogen) atoms. The summed E-state index contributed by atoms with van der Waals surface area (Å²) >= 11 is 0. The molecule has 3 aromatic heterocycles. The Bertz CT molecular complexity index is 709. The molecule has 3 N–H and O–H groups in total. The zero-order valence-corrected chi connectivity index (χ0v) is 10.2. The van der Waals surface area contributed by atoms with Crippen LogP contribution in [0, 0.1) is 6.92 Å². The van der Waals surface area contributed by atoms with E-state index in [2.05, 4.69) is 25.0 Å². The molecule has 7 nitrogen and oxygen atoms in total.